The summed E-state index contributed by atoms with van der Waals surface area (Å²) in [4.78, 5) is 1.81. The van der Waals surface area contributed by atoms with Crippen molar-refractivity contribution in [3.63, 3.8) is 0 Å². The van der Waals surface area contributed by atoms with Crippen LogP contribution < -0.4 is 19.7 Å². The van der Waals surface area contributed by atoms with Crippen molar-refractivity contribution in [1.29, 1.82) is 0 Å². The maximum Gasteiger partial charge on any atom is 0.387 e. The van der Waals surface area contributed by atoms with Crippen LogP contribution in [-0.4, -0.2) is 23.9 Å². The van der Waals surface area contributed by atoms with Gasteiger partial charge in [-0.25, -0.2) is 0 Å². The maximum absolute atomic E-state index is 12.3. The average Bonchev–Trinajstić information content (AvgIpc) is 2.74. The summed E-state index contributed by atoms with van der Waals surface area (Å²) in [7, 11) is 1.59. The first-order valence-corrected chi connectivity index (χ1v) is 9.41. The minimum atomic E-state index is -2.88. The van der Waals surface area contributed by atoms with E-state index in [9.17, 15) is 13.9 Å². The van der Waals surface area contributed by atoms with Crippen LogP contribution in [0.25, 0.3) is 0 Å². The van der Waals surface area contributed by atoms with Crippen LogP contribution in [0.1, 0.15) is 5.56 Å². The summed E-state index contributed by atoms with van der Waals surface area (Å²) in [5.41, 5.74) is 2.09. The molecule has 156 valence electrons. The molecule has 0 aliphatic rings. The van der Waals surface area contributed by atoms with Crippen molar-refractivity contribution in [3.8, 4) is 17.2 Å². The Bertz CT molecular complexity index is 982. The zero-order chi connectivity index (χ0) is 21.5. The molecule has 3 aromatic rings. The SMILES string of the molecule is COc1ccc(N(Cc2ccccc2O)C(=S)Nc2ccc(OC(F)F)cc2)cc1. The normalized spacial score (nSPS) is 10.5. The minimum Gasteiger partial charge on any atom is -0.508 e. The molecule has 0 radical (unpaired) electrons. The second-order valence-corrected chi connectivity index (χ2v) is 6.63. The molecule has 0 aliphatic carbocycles. The molecule has 0 atom stereocenters. The first-order valence-electron chi connectivity index (χ1n) is 9.00. The van der Waals surface area contributed by atoms with Crippen LogP contribution in [0.2, 0.25) is 0 Å². The topological polar surface area (TPSA) is 54.0 Å². The van der Waals surface area contributed by atoms with E-state index in [0.29, 0.717) is 28.7 Å². The van der Waals surface area contributed by atoms with Crippen molar-refractivity contribution in [2.24, 2.45) is 0 Å². The highest BCUT2D eigenvalue weighted by Crippen LogP contribution is 2.26. The van der Waals surface area contributed by atoms with Crippen LogP contribution in [-0.2, 0) is 6.54 Å². The van der Waals surface area contributed by atoms with Crippen LogP contribution in [0.4, 0.5) is 20.2 Å². The number of nitrogens with one attached hydrogen (secondary N) is 1. The number of thiocarbonyl (C=S) groups is 1. The number of phenolic OH excluding ortho intramolecular Hbond substituents is 1. The van der Waals surface area contributed by atoms with Crippen LogP contribution in [0.5, 0.6) is 17.2 Å². The standard InChI is InChI=1S/C22H20F2N2O3S/c1-28-18-12-8-17(9-13-18)26(14-15-4-2-3-5-20(15)27)22(30)25-16-6-10-19(11-7-16)29-21(23)24/h2-13,21,27H,14H2,1H3,(H,25,30). The van der Waals surface area contributed by atoms with E-state index in [4.69, 9.17) is 17.0 Å². The maximum atomic E-state index is 12.3. The zero-order valence-electron chi connectivity index (χ0n) is 16.1. The quantitative estimate of drug-likeness (QED) is 0.489. The van der Waals surface area contributed by atoms with Gasteiger partial charge in [-0.2, -0.15) is 8.78 Å². The molecule has 2 N–H and O–H groups in total. The molecule has 0 bridgehead atoms. The third-order valence-electron chi connectivity index (χ3n) is 4.28. The summed E-state index contributed by atoms with van der Waals surface area (Å²) in [6, 6.07) is 20.4. The van der Waals surface area contributed by atoms with Crippen molar-refractivity contribution in [3.05, 3.63) is 78.4 Å². The number of benzene rings is 3. The number of rotatable bonds is 7. The Balaban J connectivity index is 1.83. The van der Waals surface area contributed by atoms with Gasteiger partial charge < -0.3 is 24.8 Å². The largest absolute Gasteiger partial charge is 0.508 e. The third kappa shape index (κ3) is 5.57. The smallest absolute Gasteiger partial charge is 0.387 e. The minimum absolute atomic E-state index is 0.0580. The highest BCUT2D eigenvalue weighted by Gasteiger charge is 2.15. The zero-order valence-corrected chi connectivity index (χ0v) is 16.9. The van der Waals surface area contributed by atoms with E-state index in [-0.39, 0.29) is 11.5 Å². The van der Waals surface area contributed by atoms with Crippen LogP contribution in [0.15, 0.2) is 72.8 Å². The first-order chi connectivity index (χ1) is 14.5. The van der Waals surface area contributed by atoms with Crippen molar-refractivity contribution < 1.29 is 23.4 Å². The van der Waals surface area contributed by atoms with Gasteiger partial charge in [0.15, 0.2) is 5.11 Å². The Labute approximate surface area is 178 Å². The fourth-order valence-corrected chi connectivity index (χ4v) is 3.06. The molecule has 0 heterocycles. The summed E-state index contributed by atoms with van der Waals surface area (Å²) in [6.07, 6.45) is 0. The van der Waals surface area contributed by atoms with Gasteiger partial charge in [-0.15, -0.1) is 0 Å². The molecule has 30 heavy (non-hydrogen) atoms. The molecule has 3 aromatic carbocycles. The lowest BCUT2D eigenvalue weighted by Gasteiger charge is -2.26. The van der Waals surface area contributed by atoms with Gasteiger partial charge in [-0.1, -0.05) is 18.2 Å². The van der Waals surface area contributed by atoms with Crippen LogP contribution in [0, 0.1) is 0 Å². The van der Waals surface area contributed by atoms with E-state index >= 15 is 0 Å². The van der Waals surface area contributed by atoms with Gasteiger partial charge in [-0.05, 0) is 66.8 Å². The lowest BCUT2D eigenvalue weighted by atomic mass is 10.1. The number of aromatic hydroxyl groups is 1. The van der Waals surface area contributed by atoms with E-state index in [2.05, 4.69) is 10.1 Å². The molecular weight excluding hydrogens is 410 g/mol. The highest BCUT2D eigenvalue weighted by atomic mass is 32.1. The Morgan fingerprint density at radius 3 is 2.23 bits per heavy atom. The third-order valence-corrected chi connectivity index (χ3v) is 4.60. The molecule has 0 saturated carbocycles. The summed E-state index contributed by atoms with van der Waals surface area (Å²) >= 11 is 5.60. The number of nitrogens with zero attached hydrogens (tertiary/aromatic N) is 1. The van der Waals surface area contributed by atoms with Crippen LogP contribution in [0.3, 0.4) is 0 Å². The summed E-state index contributed by atoms with van der Waals surface area (Å²) in [5.74, 6) is 0.921. The van der Waals surface area contributed by atoms with Gasteiger partial charge in [0, 0.05) is 16.9 Å². The molecule has 0 saturated heterocycles. The first kappa shape index (κ1) is 21.3. The van der Waals surface area contributed by atoms with Crippen molar-refractivity contribution >= 4 is 28.7 Å². The Morgan fingerprint density at radius 1 is 1.00 bits per heavy atom. The van der Waals surface area contributed by atoms with Gasteiger partial charge >= 0.3 is 6.61 Å². The van der Waals surface area contributed by atoms with Gasteiger partial charge in [-0.3, -0.25) is 0 Å². The van der Waals surface area contributed by atoms with Crippen molar-refractivity contribution in [1.82, 2.24) is 0 Å². The predicted octanol–water partition coefficient (Wildman–Crippen LogP) is 5.41. The number of methoxy groups -OCH3 is 1. The van der Waals surface area contributed by atoms with Gasteiger partial charge in [0.1, 0.15) is 17.2 Å². The number of anilines is 2. The molecule has 0 amide bonds. The number of hydrogen-bond donors (Lipinski definition) is 2. The fraction of sp³-hybridized carbons (Fsp3) is 0.136. The number of para-hydroxylation sites is 1. The molecule has 0 unspecified atom stereocenters. The second kappa shape index (κ2) is 9.89. The Morgan fingerprint density at radius 2 is 1.63 bits per heavy atom. The average molecular weight is 430 g/mol. The second-order valence-electron chi connectivity index (χ2n) is 6.25. The van der Waals surface area contributed by atoms with Gasteiger partial charge in [0.2, 0.25) is 0 Å². The van der Waals surface area contributed by atoms with Crippen LogP contribution >= 0.6 is 12.2 Å². The predicted molar refractivity (Wildman–Crippen MR) is 117 cm³/mol. The molecule has 0 aromatic heterocycles. The molecule has 8 heteroatoms. The molecule has 5 nitrogen and oxygen atoms in total. The number of phenols is 1. The number of halogens is 2. The van der Waals surface area contributed by atoms with Gasteiger partial charge in [0.05, 0.1) is 13.7 Å². The highest BCUT2D eigenvalue weighted by molar-refractivity contribution is 7.80. The molecular formula is C22H20F2N2O3S. The molecule has 3 rings (SSSR count). The summed E-state index contributed by atoms with van der Waals surface area (Å²) in [6.45, 7) is -2.56. The molecule has 0 fully saturated rings. The number of hydrogen-bond acceptors (Lipinski definition) is 4. The Hall–Kier alpha value is -3.39. The van der Waals surface area contributed by atoms with E-state index in [1.165, 1.54) is 12.1 Å². The van der Waals surface area contributed by atoms with E-state index < -0.39 is 6.61 Å². The fourth-order valence-electron chi connectivity index (χ4n) is 2.77. The lowest BCUT2D eigenvalue weighted by Crippen LogP contribution is -2.34. The summed E-state index contributed by atoms with van der Waals surface area (Å²) in [5, 5.41) is 13.6. The number of alkyl halides is 2. The van der Waals surface area contributed by atoms with E-state index in [1.807, 2.05) is 41.3 Å². The van der Waals surface area contributed by atoms with Crippen molar-refractivity contribution in [2.45, 2.75) is 13.2 Å². The van der Waals surface area contributed by atoms with E-state index in [0.717, 1.165) is 5.69 Å². The lowest BCUT2D eigenvalue weighted by molar-refractivity contribution is -0.0498. The van der Waals surface area contributed by atoms with E-state index in [1.54, 1.807) is 31.4 Å². The Kier molecular flexibility index (Phi) is 7.03. The van der Waals surface area contributed by atoms with Crippen molar-refractivity contribution in [2.75, 3.05) is 17.3 Å². The number of ether oxygens (including phenoxy) is 2. The monoisotopic (exact) mass is 430 g/mol. The van der Waals surface area contributed by atoms with Gasteiger partial charge in [0.25, 0.3) is 0 Å². The summed E-state index contributed by atoms with van der Waals surface area (Å²) < 4.78 is 34.2. The molecule has 0 spiro atoms. The molecule has 0 aliphatic heterocycles.